The van der Waals surface area contributed by atoms with Crippen LogP contribution >= 0.6 is 0 Å². The second kappa shape index (κ2) is 3.41. The van der Waals surface area contributed by atoms with Crippen molar-refractivity contribution in [2.45, 2.75) is 44.1 Å². The third kappa shape index (κ3) is 1.35. The molecule has 0 N–H and O–H groups in total. The minimum Gasteiger partial charge on any atom is -0.243 e. The van der Waals surface area contributed by atoms with Gasteiger partial charge in [-0.1, -0.05) is 12.1 Å². The first-order chi connectivity index (χ1) is 9.32. The van der Waals surface area contributed by atoms with E-state index < -0.39 is 0 Å². The van der Waals surface area contributed by atoms with Gasteiger partial charge >= 0.3 is 0 Å². The fourth-order valence-corrected chi connectivity index (χ4v) is 5.62. The summed E-state index contributed by atoms with van der Waals surface area (Å²) < 4.78 is 8.30. The Balaban J connectivity index is 1.69. The van der Waals surface area contributed by atoms with E-state index in [2.05, 4.69) is 29.0 Å². The third-order valence-corrected chi connectivity index (χ3v) is 5.88. The lowest BCUT2D eigenvalue weighted by molar-refractivity contribution is -0.902. The van der Waals surface area contributed by atoms with Gasteiger partial charge in [0.15, 0.2) is 6.26 Å². The second-order valence-corrected chi connectivity index (χ2v) is 7.22. The molecule has 98 valence electrons. The van der Waals surface area contributed by atoms with Crippen molar-refractivity contribution in [3.63, 3.8) is 0 Å². The summed E-state index contributed by atoms with van der Waals surface area (Å²) in [6, 6.07) is 8.62. The van der Waals surface area contributed by atoms with E-state index in [-0.39, 0.29) is 0 Å². The van der Waals surface area contributed by atoms with Crippen LogP contribution in [0.15, 0.2) is 35.1 Å². The molecule has 2 heteroatoms. The van der Waals surface area contributed by atoms with E-state index in [1.54, 1.807) is 0 Å². The topological polar surface area (TPSA) is 17.0 Å². The maximum Gasteiger partial charge on any atom is 0.262 e. The van der Waals surface area contributed by atoms with Gasteiger partial charge in [-0.15, -0.1) is 0 Å². The highest BCUT2D eigenvalue weighted by Gasteiger charge is 2.59. The monoisotopic (exact) mass is 254 g/mol. The zero-order valence-corrected chi connectivity index (χ0v) is 11.2. The SMILES string of the molecule is c1ccc2c(c1)co[n+]2C12CC3CC(CC(C3)C1)C2. The number of aromatic nitrogens is 1. The highest BCUT2D eigenvalue weighted by Crippen LogP contribution is 2.57. The van der Waals surface area contributed by atoms with Crippen LogP contribution in [0.4, 0.5) is 0 Å². The Morgan fingerprint density at radius 1 is 0.947 bits per heavy atom. The van der Waals surface area contributed by atoms with Gasteiger partial charge in [-0.05, 0) is 47.8 Å². The molecule has 1 aromatic carbocycles. The molecule has 0 amide bonds. The van der Waals surface area contributed by atoms with Crippen LogP contribution in [0.5, 0.6) is 0 Å². The minimum atomic E-state index is 0.303. The Bertz CT molecular complexity index is 606. The second-order valence-electron chi connectivity index (χ2n) is 7.22. The molecule has 4 aliphatic rings. The van der Waals surface area contributed by atoms with Crippen LogP contribution in [-0.4, -0.2) is 0 Å². The molecule has 4 saturated carbocycles. The molecule has 0 saturated heterocycles. The summed E-state index contributed by atoms with van der Waals surface area (Å²) in [6.45, 7) is 0. The Labute approximate surface area is 113 Å². The fourth-order valence-electron chi connectivity index (χ4n) is 5.62. The normalized spacial score (nSPS) is 40.1. The molecule has 6 rings (SSSR count). The van der Waals surface area contributed by atoms with Gasteiger partial charge in [-0.25, -0.2) is 4.52 Å². The lowest BCUT2D eigenvalue weighted by Gasteiger charge is -2.51. The molecule has 4 aliphatic carbocycles. The van der Waals surface area contributed by atoms with Gasteiger partial charge in [0.2, 0.25) is 5.54 Å². The molecule has 0 radical (unpaired) electrons. The highest BCUT2D eigenvalue weighted by atomic mass is 16.5. The van der Waals surface area contributed by atoms with Crippen molar-refractivity contribution in [1.29, 1.82) is 0 Å². The van der Waals surface area contributed by atoms with E-state index in [1.165, 1.54) is 49.4 Å². The molecule has 0 atom stereocenters. The van der Waals surface area contributed by atoms with Crippen molar-refractivity contribution in [1.82, 2.24) is 0 Å². The van der Waals surface area contributed by atoms with Gasteiger partial charge in [0.25, 0.3) is 5.52 Å². The van der Waals surface area contributed by atoms with Gasteiger partial charge in [-0.3, -0.25) is 0 Å². The van der Waals surface area contributed by atoms with Crippen molar-refractivity contribution in [2.24, 2.45) is 17.8 Å². The average molecular weight is 254 g/mol. The maximum absolute atomic E-state index is 6.02. The average Bonchev–Trinajstić information content (AvgIpc) is 2.81. The van der Waals surface area contributed by atoms with E-state index in [4.69, 9.17) is 4.52 Å². The number of hydrogen-bond acceptors (Lipinski definition) is 1. The summed E-state index contributed by atoms with van der Waals surface area (Å²) in [4.78, 5) is 0. The first-order valence-corrected chi connectivity index (χ1v) is 7.72. The lowest BCUT2D eigenvalue weighted by atomic mass is 9.53. The molecule has 0 spiro atoms. The molecule has 0 unspecified atom stereocenters. The zero-order chi connectivity index (χ0) is 12.4. The number of rotatable bonds is 1. The van der Waals surface area contributed by atoms with Crippen molar-refractivity contribution in [3.05, 3.63) is 30.5 Å². The highest BCUT2D eigenvalue weighted by molar-refractivity contribution is 5.73. The van der Waals surface area contributed by atoms with Crippen LogP contribution in [0.3, 0.4) is 0 Å². The Morgan fingerprint density at radius 2 is 1.58 bits per heavy atom. The van der Waals surface area contributed by atoms with Crippen LogP contribution in [0.2, 0.25) is 0 Å². The molecular formula is C17H20NO+. The van der Waals surface area contributed by atoms with Gasteiger partial charge in [0.05, 0.1) is 5.39 Å². The van der Waals surface area contributed by atoms with Crippen LogP contribution < -0.4 is 4.74 Å². The summed E-state index contributed by atoms with van der Waals surface area (Å²) in [7, 11) is 0. The van der Waals surface area contributed by atoms with Crippen LogP contribution in [0, 0.1) is 17.8 Å². The summed E-state index contributed by atoms with van der Waals surface area (Å²) in [5.74, 6) is 2.88. The molecule has 1 heterocycles. The van der Waals surface area contributed by atoms with E-state index >= 15 is 0 Å². The predicted octanol–water partition coefficient (Wildman–Crippen LogP) is 3.65. The number of hydrogen-bond donors (Lipinski definition) is 0. The molecule has 1 aromatic heterocycles. The smallest absolute Gasteiger partial charge is 0.243 e. The van der Waals surface area contributed by atoms with Gasteiger partial charge in [0.1, 0.15) is 0 Å². The summed E-state index contributed by atoms with van der Waals surface area (Å²) in [5, 5.41) is 1.25. The third-order valence-electron chi connectivity index (χ3n) is 5.88. The molecule has 2 nitrogen and oxygen atoms in total. The van der Waals surface area contributed by atoms with Crippen LogP contribution in [0.1, 0.15) is 38.5 Å². The number of fused-ring (bicyclic) bond motifs is 1. The first kappa shape index (κ1) is 10.5. The zero-order valence-electron chi connectivity index (χ0n) is 11.2. The summed E-state index contributed by atoms with van der Waals surface area (Å²) >= 11 is 0. The van der Waals surface area contributed by atoms with E-state index in [9.17, 15) is 0 Å². The summed E-state index contributed by atoms with van der Waals surface area (Å²) in [6.07, 6.45) is 10.4. The van der Waals surface area contributed by atoms with Crippen molar-refractivity contribution >= 4 is 10.9 Å². The number of para-hydroxylation sites is 1. The number of benzene rings is 1. The van der Waals surface area contributed by atoms with Gasteiger partial charge in [0, 0.05) is 25.3 Å². The van der Waals surface area contributed by atoms with Gasteiger partial charge < -0.3 is 0 Å². The van der Waals surface area contributed by atoms with Gasteiger partial charge in [-0.2, -0.15) is 0 Å². The van der Waals surface area contributed by atoms with Crippen molar-refractivity contribution < 1.29 is 9.26 Å². The van der Waals surface area contributed by atoms with E-state index in [0.29, 0.717) is 5.54 Å². The van der Waals surface area contributed by atoms with Crippen molar-refractivity contribution in [2.75, 3.05) is 0 Å². The van der Waals surface area contributed by atoms with Crippen LogP contribution in [0.25, 0.3) is 10.9 Å². The molecule has 2 aromatic rings. The standard InChI is InChI=1S/C17H20NO/c1-2-4-16-15(3-1)11-19-18(16)17-8-12-5-13(9-17)7-14(6-12)10-17/h1-4,11-14H,5-10H2/q+1. The van der Waals surface area contributed by atoms with Crippen molar-refractivity contribution in [3.8, 4) is 0 Å². The van der Waals surface area contributed by atoms with Crippen LogP contribution in [-0.2, 0) is 5.54 Å². The quantitative estimate of drug-likeness (QED) is 0.710. The molecule has 0 aliphatic heterocycles. The van der Waals surface area contributed by atoms with E-state index in [0.717, 1.165) is 17.8 Å². The Morgan fingerprint density at radius 3 is 2.26 bits per heavy atom. The first-order valence-electron chi connectivity index (χ1n) is 7.72. The predicted molar refractivity (Wildman–Crippen MR) is 72.6 cm³/mol. The molecule has 4 fully saturated rings. The molecule has 19 heavy (non-hydrogen) atoms. The lowest BCUT2D eigenvalue weighted by Crippen LogP contribution is -2.64. The maximum atomic E-state index is 6.02. The molecular weight excluding hydrogens is 234 g/mol. The van der Waals surface area contributed by atoms with E-state index in [1.807, 2.05) is 6.26 Å². The largest absolute Gasteiger partial charge is 0.262 e. The molecule has 4 bridgehead atoms. The minimum absolute atomic E-state index is 0.303. The summed E-state index contributed by atoms with van der Waals surface area (Å²) in [5.41, 5.74) is 1.60. The number of nitrogens with zero attached hydrogens (tertiary/aromatic N) is 1. The fraction of sp³-hybridized carbons (Fsp3) is 0.588. The Hall–Kier alpha value is -1.31. The Kier molecular flexibility index (Phi) is 1.88.